The molecule has 3 heterocycles. The first kappa shape index (κ1) is 9.47. The molecule has 0 atom stereocenters. The molecule has 0 aliphatic carbocycles. The molecule has 0 unspecified atom stereocenters. The van der Waals surface area contributed by atoms with E-state index in [0.29, 0.717) is 5.78 Å². The molecule has 80 valence electrons. The third-order valence-corrected chi connectivity index (χ3v) is 3.30. The monoisotopic (exact) mass is 230 g/mol. The lowest BCUT2D eigenvalue weighted by Gasteiger charge is -2.02. The third-order valence-electron chi connectivity index (χ3n) is 2.43. The fourth-order valence-corrected chi connectivity index (χ4v) is 2.49. The molecular formula is C11H10N4S. The van der Waals surface area contributed by atoms with Gasteiger partial charge in [0.15, 0.2) is 5.82 Å². The van der Waals surface area contributed by atoms with Gasteiger partial charge in [-0.2, -0.15) is 0 Å². The van der Waals surface area contributed by atoms with Crippen LogP contribution in [0, 0.1) is 13.8 Å². The van der Waals surface area contributed by atoms with E-state index in [1.165, 1.54) is 0 Å². The molecule has 3 aromatic heterocycles. The van der Waals surface area contributed by atoms with Crippen LogP contribution in [0.4, 0.5) is 0 Å². The topological polar surface area (TPSA) is 43.1 Å². The maximum absolute atomic E-state index is 4.36. The van der Waals surface area contributed by atoms with Crippen molar-refractivity contribution in [3.8, 4) is 10.7 Å². The standard InChI is InChI=1S/C11H10N4S/c1-7-6-8(2)15-10(9-4-3-5-16-9)13-14-11(15)12-7/h3-6H,1-2H3. The summed E-state index contributed by atoms with van der Waals surface area (Å²) in [7, 11) is 0. The van der Waals surface area contributed by atoms with Crippen molar-refractivity contribution in [2.75, 3.05) is 0 Å². The van der Waals surface area contributed by atoms with Gasteiger partial charge in [0.2, 0.25) is 0 Å². The summed E-state index contributed by atoms with van der Waals surface area (Å²) in [6.45, 7) is 4.01. The summed E-state index contributed by atoms with van der Waals surface area (Å²) < 4.78 is 1.98. The molecule has 0 fully saturated rings. The summed E-state index contributed by atoms with van der Waals surface area (Å²) >= 11 is 1.66. The highest BCUT2D eigenvalue weighted by atomic mass is 32.1. The highest BCUT2D eigenvalue weighted by Gasteiger charge is 2.11. The summed E-state index contributed by atoms with van der Waals surface area (Å²) in [6, 6.07) is 6.09. The van der Waals surface area contributed by atoms with Crippen molar-refractivity contribution in [3.63, 3.8) is 0 Å². The minimum atomic E-state index is 0.668. The lowest BCUT2D eigenvalue weighted by atomic mass is 10.3. The first-order valence-electron chi connectivity index (χ1n) is 4.99. The Morgan fingerprint density at radius 3 is 2.88 bits per heavy atom. The first-order valence-corrected chi connectivity index (χ1v) is 5.87. The maximum atomic E-state index is 4.36. The molecule has 0 amide bonds. The quantitative estimate of drug-likeness (QED) is 0.645. The average molecular weight is 230 g/mol. The highest BCUT2D eigenvalue weighted by Crippen LogP contribution is 2.23. The van der Waals surface area contributed by atoms with Crippen LogP contribution in [0.15, 0.2) is 23.6 Å². The molecule has 0 bridgehead atoms. The Balaban J connectivity index is 2.36. The summed E-state index contributed by atoms with van der Waals surface area (Å²) in [4.78, 5) is 5.47. The molecule has 5 heteroatoms. The summed E-state index contributed by atoms with van der Waals surface area (Å²) in [6.07, 6.45) is 0. The third kappa shape index (κ3) is 1.32. The molecule has 0 spiro atoms. The predicted octanol–water partition coefficient (Wildman–Crippen LogP) is 2.47. The van der Waals surface area contributed by atoms with E-state index in [9.17, 15) is 0 Å². The van der Waals surface area contributed by atoms with Gasteiger partial charge in [-0.15, -0.1) is 21.5 Å². The van der Waals surface area contributed by atoms with Gasteiger partial charge in [-0.3, -0.25) is 4.40 Å². The predicted molar refractivity (Wildman–Crippen MR) is 63.6 cm³/mol. The van der Waals surface area contributed by atoms with Crippen LogP contribution in [-0.4, -0.2) is 19.6 Å². The van der Waals surface area contributed by atoms with Gasteiger partial charge >= 0.3 is 0 Å². The molecule has 4 nitrogen and oxygen atoms in total. The van der Waals surface area contributed by atoms with Gasteiger partial charge in [-0.1, -0.05) is 6.07 Å². The SMILES string of the molecule is Cc1cc(C)n2c(-c3cccs3)nnc2n1. The molecule has 0 aliphatic heterocycles. The van der Waals surface area contributed by atoms with E-state index in [2.05, 4.69) is 15.2 Å². The zero-order chi connectivity index (χ0) is 11.1. The van der Waals surface area contributed by atoms with E-state index < -0.39 is 0 Å². The van der Waals surface area contributed by atoms with Crippen molar-refractivity contribution >= 4 is 17.1 Å². The van der Waals surface area contributed by atoms with Gasteiger partial charge in [0.1, 0.15) is 0 Å². The number of hydrogen-bond acceptors (Lipinski definition) is 4. The lowest BCUT2D eigenvalue weighted by Crippen LogP contribution is -1.97. The van der Waals surface area contributed by atoms with Gasteiger partial charge in [0.05, 0.1) is 4.88 Å². The van der Waals surface area contributed by atoms with Gasteiger partial charge < -0.3 is 0 Å². The lowest BCUT2D eigenvalue weighted by molar-refractivity contribution is 1.02. The van der Waals surface area contributed by atoms with E-state index in [0.717, 1.165) is 22.1 Å². The Hall–Kier alpha value is -1.75. The van der Waals surface area contributed by atoms with E-state index in [1.54, 1.807) is 11.3 Å². The molecule has 0 saturated heterocycles. The zero-order valence-corrected chi connectivity index (χ0v) is 9.82. The summed E-state index contributed by atoms with van der Waals surface area (Å²) in [5, 5.41) is 10.3. The Kier molecular flexibility index (Phi) is 2.00. The second kappa shape index (κ2) is 3.38. The number of nitrogens with zero attached hydrogens (tertiary/aromatic N) is 4. The van der Waals surface area contributed by atoms with Crippen molar-refractivity contribution in [3.05, 3.63) is 35.0 Å². The molecular weight excluding hydrogens is 220 g/mol. The Labute approximate surface area is 96.6 Å². The Morgan fingerprint density at radius 1 is 1.25 bits per heavy atom. The molecule has 0 saturated carbocycles. The number of hydrogen-bond donors (Lipinski definition) is 0. The number of aryl methyl sites for hydroxylation is 2. The molecule has 0 N–H and O–H groups in total. The van der Waals surface area contributed by atoms with Gasteiger partial charge in [-0.05, 0) is 31.4 Å². The van der Waals surface area contributed by atoms with E-state index in [4.69, 9.17) is 0 Å². The number of aromatic nitrogens is 4. The molecule has 3 aromatic rings. The van der Waals surface area contributed by atoms with Crippen molar-refractivity contribution in [1.82, 2.24) is 19.6 Å². The van der Waals surface area contributed by atoms with Crippen LogP contribution in [-0.2, 0) is 0 Å². The number of fused-ring (bicyclic) bond motifs is 1. The normalized spacial score (nSPS) is 11.1. The highest BCUT2D eigenvalue weighted by molar-refractivity contribution is 7.13. The van der Waals surface area contributed by atoms with Crippen LogP contribution in [0.25, 0.3) is 16.5 Å². The largest absolute Gasteiger partial charge is 0.263 e. The second-order valence-electron chi connectivity index (χ2n) is 3.68. The van der Waals surface area contributed by atoms with Crippen molar-refractivity contribution < 1.29 is 0 Å². The number of thiophene rings is 1. The van der Waals surface area contributed by atoms with Crippen LogP contribution in [0.3, 0.4) is 0 Å². The first-order chi connectivity index (χ1) is 7.75. The molecule has 0 radical (unpaired) electrons. The van der Waals surface area contributed by atoms with Gasteiger partial charge in [0.25, 0.3) is 5.78 Å². The minimum Gasteiger partial charge on any atom is -0.263 e. The Morgan fingerprint density at radius 2 is 2.12 bits per heavy atom. The van der Waals surface area contributed by atoms with Crippen LogP contribution in [0.1, 0.15) is 11.4 Å². The minimum absolute atomic E-state index is 0.668. The van der Waals surface area contributed by atoms with E-state index in [1.807, 2.05) is 41.8 Å². The second-order valence-corrected chi connectivity index (χ2v) is 4.62. The van der Waals surface area contributed by atoms with E-state index in [-0.39, 0.29) is 0 Å². The van der Waals surface area contributed by atoms with Crippen LogP contribution < -0.4 is 0 Å². The smallest absolute Gasteiger partial charge is 0.255 e. The summed E-state index contributed by atoms with van der Waals surface area (Å²) in [5.74, 6) is 1.54. The molecule has 3 rings (SSSR count). The van der Waals surface area contributed by atoms with Crippen LogP contribution in [0.5, 0.6) is 0 Å². The van der Waals surface area contributed by atoms with Crippen LogP contribution >= 0.6 is 11.3 Å². The average Bonchev–Trinajstić information content (AvgIpc) is 2.82. The maximum Gasteiger partial charge on any atom is 0.255 e. The van der Waals surface area contributed by atoms with Crippen molar-refractivity contribution in [2.45, 2.75) is 13.8 Å². The van der Waals surface area contributed by atoms with Crippen molar-refractivity contribution in [2.24, 2.45) is 0 Å². The molecule has 0 aromatic carbocycles. The fraction of sp³-hybridized carbons (Fsp3) is 0.182. The van der Waals surface area contributed by atoms with E-state index >= 15 is 0 Å². The summed E-state index contributed by atoms with van der Waals surface area (Å²) in [5.41, 5.74) is 2.08. The Bertz CT molecular complexity index is 639. The van der Waals surface area contributed by atoms with Gasteiger partial charge in [-0.25, -0.2) is 4.98 Å². The fourth-order valence-electron chi connectivity index (χ4n) is 1.80. The molecule has 16 heavy (non-hydrogen) atoms. The van der Waals surface area contributed by atoms with Crippen LogP contribution in [0.2, 0.25) is 0 Å². The zero-order valence-electron chi connectivity index (χ0n) is 9.01. The number of rotatable bonds is 1. The molecule has 0 aliphatic rings. The van der Waals surface area contributed by atoms with Gasteiger partial charge in [0, 0.05) is 11.4 Å². The van der Waals surface area contributed by atoms with Crippen molar-refractivity contribution in [1.29, 1.82) is 0 Å².